The van der Waals surface area contributed by atoms with E-state index in [0.29, 0.717) is 31.8 Å². The summed E-state index contributed by atoms with van der Waals surface area (Å²) in [7, 11) is 0. The fourth-order valence-corrected chi connectivity index (χ4v) is 7.81. The lowest BCUT2D eigenvalue weighted by Gasteiger charge is -2.47. The molecule has 1 fully saturated rings. The number of hydrogen-bond donors (Lipinski definition) is 1. The molecule has 0 aliphatic carbocycles. The van der Waals surface area contributed by atoms with Gasteiger partial charge in [-0.3, -0.25) is 0 Å². The zero-order valence-corrected chi connectivity index (χ0v) is 29.2. The molecule has 4 aromatic carbocycles. The van der Waals surface area contributed by atoms with Crippen molar-refractivity contribution in [1.82, 2.24) is 0 Å². The third kappa shape index (κ3) is 7.14. The Balaban J connectivity index is 1.45. The molecule has 48 heavy (non-hydrogen) atoms. The van der Waals surface area contributed by atoms with Gasteiger partial charge in [-0.25, -0.2) is 0 Å². The van der Waals surface area contributed by atoms with Crippen LogP contribution in [0.25, 0.3) is 10.1 Å². The molecule has 0 bridgehead atoms. The quantitative estimate of drug-likeness (QED) is 0.127. The Labute approximate surface area is 288 Å². The fourth-order valence-electron chi connectivity index (χ4n) is 6.63. The highest BCUT2D eigenvalue weighted by molar-refractivity contribution is 7.19. The maximum atomic E-state index is 13.0. The molecule has 0 saturated carbocycles. The van der Waals surface area contributed by atoms with Crippen molar-refractivity contribution < 1.29 is 24.1 Å². The van der Waals surface area contributed by atoms with Crippen molar-refractivity contribution in [3.05, 3.63) is 148 Å². The Bertz CT molecular complexity index is 1780. The van der Waals surface area contributed by atoms with Crippen LogP contribution in [0.2, 0.25) is 0 Å². The molecule has 1 aromatic heterocycles. The first-order chi connectivity index (χ1) is 23.2. The summed E-state index contributed by atoms with van der Waals surface area (Å²) < 4.78 is 27.6. The number of fused-ring (bicyclic) bond motifs is 1. The van der Waals surface area contributed by atoms with E-state index in [-0.39, 0.29) is 6.10 Å². The van der Waals surface area contributed by atoms with Crippen LogP contribution in [-0.2, 0) is 38.6 Å². The number of ether oxygens (including phenoxy) is 4. The third-order valence-corrected chi connectivity index (χ3v) is 10.8. The van der Waals surface area contributed by atoms with Gasteiger partial charge in [-0.05, 0) is 59.7 Å². The molecule has 0 radical (unpaired) electrons. The summed E-state index contributed by atoms with van der Waals surface area (Å²) >= 11 is 1.78. The molecular weight excluding hydrogens is 617 g/mol. The van der Waals surface area contributed by atoms with E-state index in [1.807, 2.05) is 61.5 Å². The minimum Gasteiger partial charge on any atom is -0.489 e. The lowest BCUT2D eigenvalue weighted by atomic mass is 9.78. The van der Waals surface area contributed by atoms with E-state index in [0.717, 1.165) is 34.4 Å². The predicted octanol–water partition coefficient (Wildman–Crippen LogP) is 9.62. The van der Waals surface area contributed by atoms with E-state index >= 15 is 0 Å². The highest BCUT2D eigenvalue weighted by Crippen LogP contribution is 2.47. The van der Waals surface area contributed by atoms with Crippen molar-refractivity contribution in [2.24, 2.45) is 0 Å². The monoisotopic (exact) mass is 662 g/mol. The van der Waals surface area contributed by atoms with Gasteiger partial charge in [-0.15, -0.1) is 11.3 Å². The summed E-state index contributed by atoms with van der Waals surface area (Å²) in [6.45, 7) is 13.5. The standard InChI is InChI=1S/C42H46O5S/c1-6-22-44-36-23-29(3)34(26-35(36)41(4,5)39-24-32-20-14-15-21-38(32)48-39)42(43)40(46-28-31-18-12-9-13-19-31)37(25-33(7-2)47-42)45-27-30-16-10-8-11-17-30/h6,8-21,23-24,26,33,37,40,43H,1,7,22,25,27-28H2,2-5H3/t33-,37+,40-,42?/m1/s1. The van der Waals surface area contributed by atoms with Crippen molar-refractivity contribution in [2.45, 2.75) is 83.3 Å². The van der Waals surface area contributed by atoms with Crippen molar-refractivity contribution in [2.75, 3.05) is 6.61 Å². The SMILES string of the molecule is C=CCOc1cc(C)c(C2(O)O[C@H](CC)C[C@H](OCc3ccccc3)[C@H]2OCc2ccccc2)cc1C(C)(C)c1cc2ccccc2s1. The van der Waals surface area contributed by atoms with Crippen LogP contribution in [0.5, 0.6) is 5.75 Å². The second kappa shape index (κ2) is 14.8. The molecular formula is C42H46O5S. The molecule has 5 nitrogen and oxygen atoms in total. The van der Waals surface area contributed by atoms with Crippen molar-refractivity contribution in [1.29, 1.82) is 0 Å². The Morgan fingerprint density at radius 2 is 1.56 bits per heavy atom. The molecule has 5 aromatic rings. The van der Waals surface area contributed by atoms with E-state index in [2.05, 4.69) is 75.9 Å². The second-order valence-corrected chi connectivity index (χ2v) is 14.3. The number of thiophene rings is 1. The van der Waals surface area contributed by atoms with Crippen LogP contribution >= 0.6 is 11.3 Å². The van der Waals surface area contributed by atoms with Gasteiger partial charge in [0.25, 0.3) is 0 Å². The first-order valence-corrected chi connectivity index (χ1v) is 17.6. The Hall–Kier alpha value is -3.78. The van der Waals surface area contributed by atoms with Crippen LogP contribution in [0.15, 0.2) is 116 Å². The summed E-state index contributed by atoms with van der Waals surface area (Å²) in [5.74, 6) is -1.04. The summed E-state index contributed by atoms with van der Waals surface area (Å²) in [6, 6.07) is 35.0. The number of benzene rings is 4. The highest BCUT2D eigenvalue weighted by Gasteiger charge is 2.53. The number of aliphatic hydroxyl groups is 1. The summed E-state index contributed by atoms with van der Waals surface area (Å²) in [5.41, 5.74) is 4.07. The normalized spacial score (nSPS) is 21.3. The van der Waals surface area contributed by atoms with E-state index < -0.39 is 23.4 Å². The van der Waals surface area contributed by atoms with Gasteiger partial charge in [-0.1, -0.05) is 112 Å². The zero-order chi connectivity index (χ0) is 33.7. The van der Waals surface area contributed by atoms with Crippen LogP contribution in [0.4, 0.5) is 0 Å². The molecule has 0 spiro atoms. The van der Waals surface area contributed by atoms with Gasteiger partial charge in [0.05, 0.1) is 25.4 Å². The Morgan fingerprint density at radius 3 is 2.21 bits per heavy atom. The molecule has 1 unspecified atom stereocenters. The van der Waals surface area contributed by atoms with Gasteiger partial charge in [0.1, 0.15) is 18.5 Å². The minimum absolute atomic E-state index is 0.234. The van der Waals surface area contributed by atoms with Crippen LogP contribution in [0.1, 0.15) is 66.3 Å². The van der Waals surface area contributed by atoms with E-state index in [4.69, 9.17) is 18.9 Å². The molecule has 0 amide bonds. The average Bonchev–Trinajstić information content (AvgIpc) is 3.55. The molecule has 1 aliphatic rings. The van der Waals surface area contributed by atoms with Crippen LogP contribution in [0, 0.1) is 6.92 Å². The summed E-state index contributed by atoms with van der Waals surface area (Å²) in [5, 5.41) is 14.2. The smallest absolute Gasteiger partial charge is 0.222 e. The van der Waals surface area contributed by atoms with E-state index in [9.17, 15) is 5.11 Å². The molecule has 1 N–H and O–H groups in total. The highest BCUT2D eigenvalue weighted by atomic mass is 32.1. The lowest BCUT2D eigenvalue weighted by Crippen LogP contribution is -2.58. The van der Waals surface area contributed by atoms with Gasteiger partial charge < -0.3 is 24.1 Å². The van der Waals surface area contributed by atoms with Gasteiger partial charge >= 0.3 is 0 Å². The summed E-state index contributed by atoms with van der Waals surface area (Å²) in [6.07, 6.45) is 1.62. The van der Waals surface area contributed by atoms with E-state index in [1.54, 1.807) is 17.4 Å². The average molecular weight is 663 g/mol. The maximum absolute atomic E-state index is 13.0. The molecule has 4 atom stereocenters. The number of hydrogen-bond acceptors (Lipinski definition) is 6. The van der Waals surface area contributed by atoms with Gasteiger partial charge in [-0.2, -0.15) is 0 Å². The van der Waals surface area contributed by atoms with Gasteiger partial charge in [0.15, 0.2) is 0 Å². The molecule has 250 valence electrons. The fraction of sp³-hybridized carbons (Fsp3) is 0.333. The Kier molecular flexibility index (Phi) is 10.5. The second-order valence-electron chi connectivity index (χ2n) is 13.2. The molecule has 1 saturated heterocycles. The van der Waals surface area contributed by atoms with Crippen LogP contribution < -0.4 is 4.74 Å². The molecule has 2 heterocycles. The Morgan fingerprint density at radius 1 is 0.917 bits per heavy atom. The number of rotatable bonds is 13. The lowest BCUT2D eigenvalue weighted by molar-refractivity contribution is -0.347. The minimum atomic E-state index is -1.79. The van der Waals surface area contributed by atoms with Crippen molar-refractivity contribution in [3.8, 4) is 5.75 Å². The van der Waals surface area contributed by atoms with Crippen molar-refractivity contribution >= 4 is 21.4 Å². The maximum Gasteiger partial charge on any atom is 0.222 e. The zero-order valence-electron chi connectivity index (χ0n) is 28.4. The largest absolute Gasteiger partial charge is 0.489 e. The number of aryl methyl sites for hydroxylation is 1. The topological polar surface area (TPSA) is 57.2 Å². The van der Waals surface area contributed by atoms with Gasteiger partial charge in [0, 0.05) is 32.5 Å². The summed E-state index contributed by atoms with van der Waals surface area (Å²) in [4.78, 5) is 1.20. The van der Waals surface area contributed by atoms with Gasteiger partial charge in [0.2, 0.25) is 5.79 Å². The van der Waals surface area contributed by atoms with Crippen molar-refractivity contribution in [3.63, 3.8) is 0 Å². The first-order valence-electron chi connectivity index (χ1n) is 16.8. The predicted molar refractivity (Wildman–Crippen MR) is 195 cm³/mol. The molecule has 1 aliphatic heterocycles. The third-order valence-electron chi connectivity index (χ3n) is 9.38. The molecule has 6 rings (SSSR count). The van der Waals surface area contributed by atoms with E-state index in [1.165, 1.54) is 15.0 Å². The first kappa shape index (κ1) is 34.1. The van der Waals surface area contributed by atoms with Crippen LogP contribution in [0.3, 0.4) is 0 Å². The van der Waals surface area contributed by atoms with Crippen LogP contribution in [-0.4, -0.2) is 30.0 Å². The molecule has 6 heteroatoms.